The molecule has 0 N–H and O–H groups in total. The van der Waals surface area contributed by atoms with Gasteiger partial charge in [0.1, 0.15) is 0 Å². The molecule has 5 heteroatoms. The quantitative estimate of drug-likeness (QED) is 0.798. The van der Waals surface area contributed by atoms with E-state index in [1.54, 1.807) is 11.8 Å². The molecule has 0 bridgehead atoms. The number of esters is 1. The van der Waals surface area contributed by atoms with Crippen molar-refractivity contribution < 1.29 is 9.53 Å². The minimum Gasteiger partial charge on any atom is -0.468 e. The number of ether oxygens (including phenoxy) is 1. The molecule has 0 saturated carbocycles. The summed E-state index contributed by atoms with van der Waals surface area (Å²) in [6, 6.07) is 8.17. The van der Waals surface area contributed by atoms with Crippen LogP contribution >= 0.6 is 27.7 Å². The Kier molecular flexibility index (Phi) is 4.86. The van der Waals surface area contributed by atoms with Crippen LogP contribution in [0.15, 0.2) is 33.6 Å². The summed E-state index contributed by atoms with van der Waals surface area (Å²) >= 11 is 5.23. The van der Waals surface area contributed by atoms with Crippen LogP contribution in [0.4, 0.5) is 0 Å². The molecule has 96 valence electrons. The van der Waals surface area contributed by atoms with Crippen molar-refractivity contribution in [2.45, 2.75) is 0 Å². The zero-order valence-electron chi connectivity index (χ0n) is 10.1. The smallest absolute Gasteiger partial charge is 0.319 e. The highest BCUT2D eigenvalue weighted by Crippen LogP contribution is 2.28. The van der Waals surface area contributed by atoms with E-state index in [4.69, 9.17) is 0 Å². The van der Waals surface area contributed by atoms with Gasteiger partial charge in [-0.25, -0.2) is 0 Å². The Labute approximate surface area is 119 Å². The molecule has 1 heterocycles. The number of hydrogen-bond acceptors (Lipinski definition) is 4. The standard InChI is InChI=1S/C13H14BrNO2S/c1-17-13(16)8-15-7-12(18-9-15)6-10-3-2-4-11(14)5-10/h2-6H,7-9H2,1H3. The monoisotopic (exact) mass is 327 g/mol. The van der Waals surface area contributed by atoms with Gasteiger partial charge in [0.25, 0.3) is 0 Å². The van der Waals surface area contributed by atoms with Crippen LogP contribution in [0.5, 0.6) is 0 Å². The van der Waals surface area contributed by atoms with E-state index in [9.17, 15) is 4.79 Å². The van der Waals surface area contributed by atoms with Crippen molar-refractivity contribution in [2.24, 2.45) is 0 Å². The van der Waals surface area contributed by atoms with Gasteiger partial charge >= 0.3 is 5.97 Å². The number of thioether (sulfide) groups is 1. The van der Waals surface area contributed by atoms with Gasteiger partial charge < -0.3 is 4.74 Å². The lowest BCUT2D eigenvalue weighted by molar-refractivity contribution is -0.141. The van der Waals surface area contributed by atoms with Gasteiger partial charge in [-0.15, -0.1) is 11.8 Å². The van der Waals surface area contributed by atoms with E-state index in [1.807, 2.05) is 12.1 Å². The molecule has 3 nitrogen and oxygen atoms in total. The molecule has 0 unspecified atom stereocenters. The van der Waals surface area contributed by atoms with Crippen LogP contribution in [0.3, 0.4) is 0 Å². The van der Waals surface area contributed by atoms with Crippen LogP contribution < -0.4 is 0 Å². The lowest BCUT2D eigenvalue weighted by Crippen LogP contribution is -2.27. The molecule has 1 fully saturated rings. The van der Waals surface area contributed by atoms with Crippen molar-refractivity contribution in [3.05, 3.63) is 39.2 Å². The Morgan fingerprint density at radius 3 is 3.17 bits per heavy atom. The second-order valence-corrected chi connectivity index (χ2v) is 5.99. The molecule has 1 aliphatic heterocycles. The maximum absolute atomic E-state index is 11.2. The number of benzene rings is 1. The van der Waals surface area contributed by atoms with E-state index >= 15 is 0 Å². The summed E-state index contributed by atoms with van der Waals surface area (Å²) in [6.07, 6.45) is 2.16. The Hall–Kier alpha value is -0.780. The van der Waals surface area contributed by atoms with Crippen LogP contribution in [0.1, 0.15) is 5.56 Å². The van der Waals surface area contributed by atoms with Gasteiger partial charge in [0, 0.05) is 21.8 Å². The first-order valence-electron chi connectivity index (χ1n) is 5.55. The SMILES string of the molecule is COC(=O)CN1CSC(=Cc2cccc(Br)c2)C1. The fourth-order valence-electron chi connectivity index (χ4n) is 1.70. The van der Waals surface area contributed by atoms with Gasteiger partial charge in [-0.1, -0.05) is 28.1 Å². The van der Waals surface area contributed by atoms with Gasteiger partial charge in [0.2, 0.25) is 0 Å². The summed E-state index contributed by atoms with van der Waals surface area (Å²) < 4.78 is 5.74. The molecular weight excluding hydrogens is 314 g/mol. The Morgan fingerprint density at radius 1 is 1.61 bits per heavy atom. The van der Waals surface area contributed by atoms with E-state index in [2.05, 4.69) is 43.8 Å². The van der Waals surface area contributed by atoms with Gasteiger partial charge in [-0.05, 0) is 23.8 Å². The van der Waals surface area contributed by atoms with Crippen molar-refractivity contribution >= 4 is 39.7 Å². The maximum atomic E-state index is 11.2. The minimum absolute atomic E-state index is 0.181. The second kappa shape index (κ2) is 6.41. The van der Waals surface area contributed by atoms with Crippen molar-refractivity contribution in [1.29, 1.82) is 0 Å². The molecule has 0 spiro atoms. The number of halogens is 1. The third-order valence-corrected chi connectivity index (χ3v) is 4.17. The molecule has 0 aromatic heterocycles. The molecule has 1 saturated heterocycles. The normalized spacial score (nSPS) is 18.2. The maximum Gasteiger partial charge on any atom is 0.319 e. The molecule has 0 amide bonds. The van der Waals surface area contributed by atoms with Crippen LogP contribution in [0, 0.1) is 0 Å². The van der Waals surface area contributed by atoms with Crippen molar-refractivity contribution in [3.8, 4) is 0 Å². The van der Waals surface area contributed by atoms with Crippen LogP contribution in [0.2, 0.25) is 0 Å². The lowest BCUT2D eigenvalue weighted by Gasteiger charge is -2.10. The average Bonchev–Trinajstić information content (AvgIpc) is 2.76. The summed E-state index contributed by atoms with van der Waals surface area (Å²) in [6.45, 7) is 1.17. The summed E-state index contributed by atoms with van der Waals surface area (Å²) in [4.78, 5) is 14.5. The van der Waals surface area contributed by atoms with E-state index in [0.29, 0.717) is 6.54 Å². The highest BCUT2D eigenvalue weighted by Gasteiger charge is 2.19. The number of hydrogen-bond donors (Lipinski definition) is 0. The molecule has 0 aliphatic carbocycles. The van der Waals surface area contributed by atoms with Gasteiger partial charge in [-0.3, -0.25) is 9.69 Å². The molecule has 1 aliphatic rings. The van der Waals surface area contributed by atoms with Crippen molar-refractivity contribution in [3.63, 3.8) is 0 Å². The fraction of sp³-hybridized carbons (Fsp3) is 0.308. The average molecular weight is 328 g/mol. The topological polar surface area (TPSA) is 29.5 Å². The van der Waals surface area contributed by atoms with E-state index in [-0.39, 0.29) is 5.97 Å². The van der Waals surface area contributed by atoms with E-state index in [1.165, 1.54) is 17.6 Å². The molecular formula is C13H14BrNO2S. The Bertz CT molecular complexity index is 476. The lowest BCUT2D eigenvalue weighted by atomic mass is 10.2. The number of carbonyl (C=O) groups is 1. The summed E-state index contributed by atoms with van der Waals surface area (Å²) in [7, 11) is 1.42. The number of rotatable bonds is 3. The third kappa shape index (κ3) is 3.86. The summed E-state index contributed by atoms with van der Waals surface area (Å²) in [5.74, 6) is 0.661. The molecule has 0 atom stereocenters. The van der Waals surface area contributed by atoms with Crippen LogP contribution in [-0.2, 0) is 9.53 Å². The highest BCUT2D eigenvalue weighted by atomic mass is 79.9. The minimum atomic E-state index is -0.181. The van der Waals surface area contributed by atoms with Crippen molar-refractivity contribution in [1.82, 2.24) is 4.90 Å². The first kappa shape index (κ1) is 13.6. The predicted octanol–water partition coefficient (Wildman–Crippen LogP) is 2.97. The second-order valence-electron chi connectivity index (χ2n) is 4.00. The number of nitrogens with zero attached hydrogens (tertiary/aromatic N) is 1. The number of carbonyl (C=O) groups excluding carboxylic acids is 1. The van der Waals surface area contributed by atoms with Gasteiger partial charge in [0.15, 0.2) is 0 Å². The van der Waals surface area contributed by atoms with Crippen molar-refractivity contribution in [2.75, 3.05) is 26.1 Å². The zero-order valence-corrected chi connectivity index (χ0v) is 12.5. The first-order chi connectivity index (χ1) is 8.67. The first-order valence-corrected chi connectivity index (χ1v) is 7.33. The summed E-state index contributed by atoms with van der Waals surface area (Å²) in [5, 5.41) is 0. The van der Waals surface area contributed by atoms with E-state index < -0.39 is 0 Å². The Balaban J connectivity index is 1.98. The fourth-order valence-corrected chi connectivity index (χ4v) is 3.15. The molecule has 0 radical (unpaired) electrons. The summed E-state index contributed by atoms with van der Waals surface area (Å²) in [5.41, 5.74) is 1.17. The van der Waals surface area contributed by atoms with Gasteiger partial charge in [0.05, 0.1) is 13.7 Å². The molecule has 1 aromatic carbocycles. The Morgan fingerprint density at radius 2 is 2.44 bits per heavy atom. The van der Waals surface area contributed by atoms with Crippen LogP contribution in [-0.4, -0.2) is 36.9 Å². The predicted molar refractivity (Wildman–Crippen MR) is 78.2 cm³/mol. The largest absolute Gasteiger partial charge is 0.468 e. The molecule has 1 aromatic rings. The van der Waals surface area contributed by atoms with Crippen LogP contribution in [0.25, 0.3) is 6.08 Å². The van der Waals surface area contributed by atoms with Gasteiger partial charge in [-0.2, -0.15) is 0 Å². The third-order valence-electron chi connectivity index (χ3n) is 2.57. The molecule has 2 rings (SSSR count). The zero-order chi connectivity index (χ0) is 13.0. The van der Waals surface area contributed by atoms with E-state index in [0.717, 1.165) is 16.9 Å². The highest BCUT2D eigenvalue weighted by molar-refractivity contribution is 9.10. The number of methoxy groups -OCH3 is 1. The molecule has 18 heavy (non-hydrogen) atoms.